The molecular weight excluding hydrogens is 186 g/mol. The minimum atomic E-state index is -1.12. The van der Waals surface area contributed by atoms with Gasteiger partial charge in [-0.15, -0.1) is 0 Å². The van der Waals surface area contributed by atoms with E-state index >= 15 is 0 Å². The summed E-state index contributed by atoms with van der Waals surface area (Å²) in [5.74, 6) is 4.35. The highest BCUT2D eigenvalue weighted by molar-refractivity contribution is 5.81. The Labute approximate surface area is 83.0 Å². The molecule has 0 unspecified atom stereocenters. The van der Waals surface area contributed by atoms with Crippen LogP contribution in [0, 0.1) is 5.41 Å². The summed E-state index contributed by atoms with van der Waals surface area (Å²) in [5, 5.41) is 8.79. The average Bonchev–Trinajstić information content (AvgIpc) is 2.00. The standard InChI is InChI=1S/C8H17N3O3/c1-8(2,3)5-11(7(13)14)4-6(12)10-9/h4-5,9H2,1-3H3,(H,10,12)(H,13,14). The van der Waals surface area contributed by atoms with E-state index in [2.05, 4.69) is 0 Å². The fourth-order valence-electron chi connectivity index (χ4n) is 0.983. The van der Waals surface area contributed by atoms with Gasteiger partial charge in [0, 0.05) is 6.54 Å². The van der Waals surface area contributed by atoms with Crippen molar-refractivity contribution in [3.8, 4) is 0 Å². The highest BCUT2D eigenvalue weighted by Gasteiger charge is 2.22. The number of hydrazine groups is 1. The van der Waals surface area contributed by atoms with E-state index in [1.165, 1.54) is 0 Å². The summed E-state index contributed by atoms with van der Waals surface area (Å²) in [7, 11) is 0. The Morgan fingerprint density at radius 3 is 2.21 bits per heavy atom. The van der Waals surface area contributed by atoms with E-state index in [1.54, 1.807) is 0 Å². The number of carbonyl (C=O) groups excluding carboxylic acids is 1. The minimum Gasteiger partial charge on any atom is -0.465 e. The zero-order valence-corrected chi connectivity index (χ0v) is 8.70. The van der Waals surface area contributed by atoms with Crippen LogP contribution >= 0.6 is 0 Å². The van der Waals surface area contributed by atoms with Gasteiger partial charge in [-0.2, -0.15) is 0 Å². The van der Waals surface area contributed by atoms with Gasteiger partial charge in [0.1, 0.15) is 6.54 Å². The Balaban J connectivity index is 4.31. The molecule has 4 N–H and O–H groups in total. The van der Waals surface area contributed by atoms with Gasteiger partial charge in [-0.1, -0.05) is 20.8 Å². The highest BCUT2D eigenvalue weighted by atomic mass is 16.4. The molecule has 0 spiro atoms. The normalized spacial score (nSPS) is 10.9. The molecule has 0 fully saturated rings. The predicted molar refractivity (Wildman–Crippen MR) is 51.4 cm³/mol. The number of nitrogens with zero attached hydrogens (tertiary/aromatic N) is 1. The summed E-state index contributed by atoms with van der Waals surface area (Å²) in [4.78, 5) is 22.6. The number of hydrogen-bond donors (Lipinski definition) is 3. The molecule has 0 radical (unpaired) electrons. The Hall–Kier alpha value is -1.30. The lowest BCUT2D eigenvalue weighted by atomic mass is 9.96. The Morgan fingerprint density at radius 1 is 1.43 bits per heavy atom. The van der Waals surface area contributed by atoms with Crippen LogP contribution in [0.25, 0.3) is 0 Å². The van der Waals surface area contributed by atoms with Crippen LogP contribution in [0.4, 0.5) is 4.79 Å². The number of rotatable bonds is 3. The van der Waals surface area contributed by atoms with Crippen LogP contribution in [-0.4, -0.2) is 35.1 Å². The second-order valence-corrected chi connectivity index (χ2v) is 4.27. The number of carbonyl (C=O) groups is 2. The van der Waals surface area contributed by atoms with Gasteiger partial charge in [0.25, 0.3) is 5.91 Å². The summed E-state index contributed by atoms with van der Waals surface area (Å²) >= 11 is 0. The fraction of sp³-hybridized carbons (Fsp3) is 0.750. The molecule has 6 nitrogen and oxygen atoms in total. The summed E-state index contributed by atoms with van der Waals surface area (Å²) in [5.41, 5.74) is 1.70. The first-order valence-electron chi connectivity index (χ1n) is 4.23. The molecular formula is C8H17N3O3. The van der Waals surface area contributed by atoms with Gasteiger partial charge in [-0.3, -0.25) is 15.1 Å². The highest BCUT2D eigenvalue weighted by Crippen LogP contribution is 2.14. The second-order valence-electron chi connectivity index (χ2n) is 4.27. The third kappa shape index (κ3) is 5.36. The first-order valence-corrected chi connectivity index (χ1v) is 4.23. The monoisotopic (exact) mass is 203 g/mol. The predicted octanol–water partition coefficient (Wildman–Crippen LogP) is 0.00240. The van der Waals surface area contributed by atoms with E-state index in [0.717, 1.165) is 4.90 Å². The van der Waals surface area contributed by atoms with Crippen molar-refractivity contribution in [2.75, 3.05) is 13.1 Å². The number of nitrogens with one attached hydrogen (secondary N) is 1. The van der Waals surface area contributed by atoms with Gasteiger partial charge < -0.3 is 5.11 Å². The molecule has 0 aliphatic heterocycles. The molecule has 14 heavy (non-hydrogen) atoms. The zero-order valence-electron chi connectivity index (χ0n) is 8.70. The van der Waals surface area contributed by atoms with Crippen LogP contribution in [0.15, 0.2) is 0 Å². The molecule has 0 aromatic heterocycles. The van der Waals surface area contributed by atoms with E-state index in [0.29, 0.717) is 0 Å². The van der Waals surface area contributed by atoms with Crippen molar-refractivity contribution in [3.05, 3.63) is 0 Å². The first kappa shape index (κ1) is 12.7. The van der Waals surface area contributed by atoms with Crippen molar-refractivity contribution in [3.63, 3.8) is 0 Å². The van der Waals surface area contributed by atoms with Gasteiger partial charge in [0.05, 0.1) is 0 Å². The van der Waals surface area contributed by atoms with E-state index in [1.807, 2.05) is 26.2 Å². The molecule has 0 aliphatic rings. The quantitative estimate of drug-likeness (QED) is 0.342. The molecule has 0 rings (SSSR count). The fourth-order valence-corrected chi connectivity index (χ4v) is 0.983. The summed E-state index contributed by atoms with van der Waals surface area (Å²) < 4.78 is 0. The Bertz CT molecular complexity index is 222. The Morgan fingerprint density at radius 2 is 1.93 bits per heavy atom. The number of carboxylic acid groups (broad SMARTS) is 1. The summed E-state index contributed by atoms with van der Waals surface area (Å²) in [6.45, 7) is 5.73. The SMILES string of the molecule is CC(C)(C)CN(CC(=O)NN)C(=O)O. The van der Waals surface area contributed by atoms with E-state index in [4.69, 9.17) is 10.9 Å². The van der Waals surface area contributed by atoms with Crippen LogP contribution in [0.5, 0.6) is 0 Å². The number of nitrogens with two attached hydrogens (primary N) is 1. The van der Waals surface area contributed by atoms with Gasteiger partial charge >= 0.3 is 6.09 Å². The number of hydrogen-bond acceptors (Lipinski definition) is 3. The smallest absolute Gasteiger partial charge is 0.407 e. The molecule has 0 aliphatic carbocycles. The maximum absolute atomic E-state index is 10.9. The van der Waals surface area contributed by atoms with Crippen molar-refractivity contribution in [1.82, 2.24) is 10.3 Å². The third-order valence-corrected chi connectivity index (χ3v) is 1.43. The van der Waals surface area contributed by atoms with Crippen molar-refractivity contribution < 1.29 is 14.7 Å². The molecule has 0 saturated heterocycles. The molecule has 0 saturated carbocycles. The van der Waals surface area contributed by atoms with Crippen LogP contribution < -0.4 is 11.3 Å². The van der Waals surface area contributed by atoms with Crippen LogP contribution in [0.1, 0.15) is 20.8 Å². The van der Waals surface area contributed by atoms with Gasteiger partial charge in [-0.05, 0) is 5.41 Å². The molecule has 2 amide bonds. The molecule has 0 aromatic carbocycles. The summed E-state index contributed by atoms with van der Waals surface area (Å²) in [6.07, 6.45) is -1.12. The lowest BCUT2D eigenvalue weighted by Crippen LogP contribution is -2.45. The molecule has 0 aromatic rings. The number of amides is 2. The topological polar surface area (TPSA) is 95.7 Å². The average molecular weight is 203 g/mol. The maximum atomic E-state index is 10.9. The van der Waals surface area contributed by atoms with Crippen molar-refractivity contribution in [2.45, 2.75) is 20.8 Å². The molecule has 0 atom stereocenters. The van der Waals surface area contributed by atoms with E-state index in [9.17, 15) is 9.59 Å². The van der Waals surface area contributed by atoms with Crippen molar-refractivity contribution in [2.24, 2.45) is 11.3 Å². The van der Waals surface area contributed by atoms with E-state index < -0.39 is 12.0 Å². The first-order chi connectivity index (χ1) is 6.26. The van der Waals surface area contributed by atoms with Crippen LogP contribution in [0.2, 0.25) is 0 Å². The third-order valence-electron chi connectivity index (χ3n) is 1.43. The second kappa shape index (κ2) is 4.80. The minimum absolute atomic E-state index is 0.187. The van der Waals surface area contributed by atoms with Crippen LogP contribution in [0.3, 0.4) is 0 Å². The molecule has 82 valence electrons. The molecule has 0 heterocycles. The summed E-state index contributed by atoms with van der Waals surface area (Å²) in [6, 6.07) is 0. The lowest BCUT2D eigenvalue weighted by Gasteiger charge is -2.26. The van der Waals surface area contributed by atoms with Gasteiger partial charge in [-0.25, -0.2) is 10.6 Å². The van der Waals surface area contributed by atoms with Crippen molar-refractivity contribution >= 4 is 12.0 Å². The zero-order chi connectivity index (χ0) is 11.4. The van der Waals surface area contributed by atoms with Crippen LogP contribution in [-0.2, 0) is 4.79 Å². The Kier molecular flexibility index (Phi) is 4.36. The maximum Gasteiger partial charge on any atom is 0.407 e. The molecule has 0 bridgehead atoms. The lowest BCUT2D eigenvalue weighted by molar-refractivity contribution is -0.122. The largest absolute Gasteiger partial charge is 0.465 e. The molecule has 6 heteroatoms. The van der Waals surface area contributed by atoms with Gasteiger partial charge in [0.2, 0.25) is 0 Å². The van der Waals surface area contributed by atoms with Gasteiger partial charge in [0.15, 0.2) is 0 Å². The van der Waals surface area contributed by atoms with E-state index in [-0.39, 0.29) is 18.5 Å². The van der Waals surface area contributed by atoms with Crippen molar-refractivity contribution in [1.29, 1.82) is 0 Å².